The Balaban J connectivity index is 1.82. The lowest BCUT2D eigenvalue weighted by molar-refractivity contribution is -0.309. The number of aliphatic hydroxyl groups is 1. The van der Waals surface area contributed by atoms with Crippen LogP contribution in [0.25, 0.3) is 0 Å². The maximum Gasteiger partial charge on any atom is 0.308 e. The molecule has 2 aromatic rings. The van der Waals surface area contributed by atoms with E-state index in [0.717, 1.165) is 24.0 Å². The molecule has 41 heavy (non-hydrogen) atoms. The second kappa shape index (κ2) is 16.0. The molecule has 0 spiro atoms. The summed E-state index contributed by atoms with van der Waals surface area (Å²) in [5.41, 5.74) is 0.238. The van der Waals surface area contributed by atoms with E-state index in [1.165, 1.54) is 6.92 Å². The molecule has 1 unspecified atom stereocenters. The maximum atomic E-state index is 12.6. The molecule has 0 amide bonds. The minimum atomic E-state index is -1.74. The number of carboxylic acids is 1. The van der Waals surface area contributed by atoms with Crippen LogP contribution in [0.5, 0.6) is 0 Å². The fraction of sp³-hybridized carbons (Fsp3) is 0.562. The van der Waals surface area contributed by atoms with E-state index >= 15 is 0 Å². The third-order valence-corrected chi connectivity index (χ3v) is 7.04. The van der Waals surface area contributed by atoms with Gasteiger partial charge in [-0.3, -0.25) is 9.59 Å². The molecule has 1 saturated heterocycles. The average molecular weight is 573 g/mol. The van der Waals surface area contributed by atoms with Crippen LogP contribution < -0.4 is 0 Å². The molecule has 3 rings (SSSR count). The number of esters is 1. The Hall–Kier alpha value is -2.82. The highest BCUT2D eigenvalue weighted by Crippen LogP contribution is 2.33. The van der Waals surface area contributed by atoms with Crippen molar-refractivity contribution in [1.82, 2.24) is 0 Å². The smallest absolute Gasteiger partial charge is 0.308 e. The van der Waals surface area contributed by atoms with Gasteiger partial charge in [-0.05, 0) is 31.4 Å². The summed E-state index contributed by atoms with van der Waals surface area (Å²) in [5, 5.41) is 19.4. The van der Waals surface area contributed by atoms with Crippen LogP contribution in [0, 0.1) is 5.92 Å². The third-order valence-electron chi connectivity index (χ3n) is 7.04. The third kappa shape index (κ3) is 10.8. The Morgan fingerprint density at radius 1 is 0.951 bits per heavy atom. The lowest BCUT2D eigenvalue weighted by Gasteiger charge is -2.45. The van der Waals surface area contributed by atoms with Gasteiger partial charge in [-0.25, -0.2) is 0 Å². The summed E-state index contributed by atoms with van der Waals surface area (Å²) in [6, 6.07) is 19.6. The lowest BCUT2D eigenvalue weighted by atomic mass is 9.91. The fourth-order valence-corrected chi connectivity index (χ4v) is 4.94. The highest BCUT2D eigenvalue weighted by molar-refractivity contribution is 5.73. The standard InChI is InChI=1S/C32H44O9/c1-5-12-22(2)40-31-23(3)29(38-19-24-13-8-6-9-14-24)30(39-20-25-15-10-7-11-16-25)26(41-31)21-37-28(35)18-32(4,36)17-27(33)34/h6-11,13-16,22-23,26,29-31,36H,5,12,17-21H2,1-4H3,(H,33,34)/t22-,23+,26+,29+,30+,31+,32?/m0/s1. The summed E-state index contributed by atoms with van der Waals surface area (Å²) in [7, 11) is 0. The first-order valence-corrected chi connectivity index (χ1v) is 14.3. The summed E-state index contributed by atoms with van der Waals surface area (Å²) in [5.74, 6) is -2.15. The van der Waals surface area contributed by atoms with Crippen LogP contribution in [0.15, 0.2) is 60.7 Å². The van der Waals surface area contributed by atoms with E-state index in [9.17, 15) is 14.7 Å². The van der Waals surface area contributed by atoms with Gasteiger partial charge in [-0.15, -0.1) is 0 Å². The lowest BCUT2D eigenvalue weighted by Crippen LogP contribution is -2.58. The van der Waals surface area contributed by atoms with Crippen molar-refractivity contribution < 1.29 is 43.5 Å². The minimum Gasteiger partial charge on any atom is -0.481 e. The van der Waals surface area contributed by atoms with E-state index < -0.39 is 55.0 Å². The number of hydrogen-bond donors (Lipinski definition) is 2. The summed E-state index contributed by atoms with van der Waals surface area (Å²) in [6.45, 7) is 7.85. The van der Waals surface area contributed by atoms with E-state index in [1.807, 2.05) is 74.5 Å². The van der Waals surface area contributed by atoms with Gasteiger partial charge in [0.25, 0.3) is 0 Å². The predicted molar refractivity (Wildman–Crippen MR) is 152 cm³/mol. The number of carbonyl (C=O) groups is 2. The number of carboxylic acid groups (broad SMARTS) is 1. The van der Waals surface area contributed by atoms with Gasteiger partial charge in [0, 0.05) is 5.92 Å². The van der Waals surface area contributed by atoms with Gasteiger partial charge in [-0.2, -0.15) is 0 Å². The second-order valence-corrected chi connectivity index (χ2v) is 11.1. The molecule has 7 atom stereocenters. The SMILES string of the molecule is CCC[C@H](C)O[C@@H]1O[C@H](COC(=O)CC(C)(O)CC(=O)O)[C@@H](OCc2ccccc2)[C@H](OCc2ccccc2)[C@H]1C. The molecule has 2 N–H and O–H groups in total. The molecule has 9 nitrogen and oxygen atoms in total. The van der Waals surface area contributed by atoms with Crippen LogP contribution in [-0.2, 0) is 46.5 Å². The fourth-order valence-electron chi connectivity index (χ4n) is 4.94. The highest BCUT2D eigenvalue weighted by Gasteiger charge is 2.47. The zero-order chi connectivity index (χ0) is 29.8. The molecule has 0 aliphatic carbocycles. The van der Waals surface area contributed by atoms with E-state index in [4.69, 9.17) is 28.8 Å². The van der Waals surface area contributed by atoms with E-state index in [-0.39, 0.29) is 18.6 Å². The Labute approximate surface area is 242 Å². The molecule has 1 heterocycles. The van der Waals surface area contributed by atoms with Crippen molar-refractivity contribution in [1.29, 1.82) is 0 Å². The maximum absolute atomic E-state index is 12.6. The van der Waals surface area contributed by atoms with Crippen molar-refractivity contribution >= 4 is 11.9 Å². The molecule has 0 aromatic heterocycles. The molecular formula is C32H44O9. The van der Waals surface area contributed by atoms with Crippen molar-refractivity contribution in [2.24, 2.45) is 5.92 Å². The summed E-state index contributed by atoms with van der Waals surface area (Å²) >= 11 is 0. The van der Waals surface area contributed by atoms with E-state index in [1.54, 1.807) is 0 Å². The Bertz CT molecular complexity index is 1060. The Morgan fingerprint density at radius 2 is 1.51 bits per heavy atom. The van der Waals surface area contributed by atoms with Crippen LogP contribution in [0.1, 0.15) is 64.5 Å². The van der Waals surface area contributed by atoms with Gasteiger partial charge in [0.15, 0.2) is 6.29 Å². The zero-order valence-corrected chi connectivity index (χ0v) is 24.4. The molecule has 9 heteroatoms. The van der Waals surface area contributed by atoms with E-state index in [0.29, 0.717) is 13.2 Å². The van der Waals surface area contributed by atoms with Gasteiger partial charge in [0.05, 0.1) is 43.9 Å². The number of benzene rings is 2. The normalized spacial score (nSPS) is 24.8. The average Bonchev–Trinajstić information content (AvgIpc) is 2.92. The molecule has 1 aliphatic rings. The highest BCUT2D eigenvalue weighted by atomic mass is 16.7. The van der Waals surface area contributed by atoms with Gasteiger partial charge in [-0.1, -0.05) is 80.9 Å². The van der Waals surface area contributed by atoms with Gasteiger partial charge >= 0.3 is 11.9 Å². The molecule has 0 radical (unpaired) electrons. The van der Waals surface area contributed by atoms with Crippen molar-refractivity contribution in [2.75, 3.05) is 6.61 Å². The summed E-state index contributed by atoms with van der Waals surface area (Å²) < 4.78 is 31.1. The zero-order valence-electron chi connectivity index (χ0n) is 24.4. The first kappa shape index (κ1) is 32.7. The molecule has 1 aliphatic heterocycles. The first-order valence-electron chi connectivity index (χ1n) is 14.3. The Kier molecular flexibility index (Phi) is 12.7. The topological polar surface area (TPSA) is 121 Å². The molecular weight excluding hydrogens is 528 g/mol. The van der Waals surface area contributed by atoms with Gasteiger partial charge in [0.2, 0.25) is 0 Å². The van der Waals surface area contributed by atoms with Crippen LogP contribution in [0.3, 0.4) is 0 Å². The number of ether oxygens (including phenoxy) is 5. The monoisotopic (exact) mass is 572 g/mol. The number of aliphatic carboxylic acids is 1. The number of hydrogen-bond acceptors (Lipinski definition) is 8. The Morgan fingerprint density at radius 3 is 2.05 bits per heavy atom. The van der Waals surface area contributed by atoms with Crippen molar-refractivity contribution in [2.45, 2.75) is 103 Å². The van der Waals surface area contributed by atoms with Crippen LogP contribution in [0.2, 0.25) is 0 Å². The van der Waals surface area contributed by atoms with Crippen LogP contribution >= 0.6 is 0 Å². The first-order chi connectivity index (χ1) is 19.6. The molecule has 2 aromatic carbocycles. The van der Waals surface area contributed by atoms with Crippen molar-refractivity contribution in [3.05, 3.63) is 71.8 Å². The molecule has 0 bridgehead atoms. The number of carbonyl (C=O) groups excluding carboxylic acids is 1. The summed E-state index contributed by atoms with van der Waals surface area (Å²) in [4.78, 5) is 23.7. The van der Waals surface area contributed by atoms with E-state index in [2.05, 4.69) is 6.92 Å². The molecule has 226 valence electrons. The van der Waals surface area contributed by atoms with Crippen LogP contribution in [0.4, 0.5) is 0 Å². The summed E-state index contributed by atoms with van der Waals surface area (Å²) in [6.07, 6.45) is -1.73. The van der Waals surface area contributed by atoms with Gasteiger partial charge < -0.3 is 33.9 Å². The quantitative estimate of drug-likeness (QED) is 0.271. The minimum absolute atomic E-state index is 0.0571. The van der Waals surface area contributed by atoms with Crippen molar-refractivity contribution in [3.8, 4) is 0 Å². The molecule has 1 fully saturated rings. The van der Waals surface area contributed by atoms with Crippen molar-refractivity contribution in [3.63, 3.8) is 0 Å². The predicted octanol–water partition coefficient (Wildman–Crippen LogP) is 4.88. The number of rotatable bonds is 16. The van der Waals surface area contributed by atoms with Gasteiger partial charge in [0.1, 0.15) is 18.8 Å². The second-order valence-electron chi connectivity index (χ2n) is 11.1. The molecule has 0 saturated carbocycles. The van der Waals surface area contributed by atoms with Crippen LogP contribution in [-0.4, -0.2) is 65.1 Å². The largest absolute Gasteiger partial charge is 0.481 e.